The summed E-state index contributed by atoms with van der Waals surface area (Å²) in [7, 11) is 0. The Morgan fingerprint density at radius 1 is 1.43 bits per heavy atom. The zero-order chi connectivity index (χ0) is 10.3. The minimum atomic E-state index is -0.604. The molecule has 0 aliphatic heterocycles. The number of hydrogen-bond acceptors (Lipinski definition) is 5. The van der Waals surface area contributed by atoms with Gasteiger partial charge in [-0.2, -0.15) is 0 Å². The van der Waals surface area contributed by atoms with E-state index in [2.05, 4.69) is 12.6 Å². The molecule has 6 heteroatoms. The lowest BCUT2D eigenvalue weighted by Crippen LogP contribution is -1.87. The Morgan fingerprint density at radius 2 is 2.14 bits per heavy atom. The van der Waals surface area contributed by atoms with Gasteiger partial charge in [0.05, 0.1) is 9.13 Å². The zero-order valence-electron chi connectivity index (χ0n) is 6.80. The molecule has 1 aromatic heterocycles. The molecular weight excluding hydrogens is 222 g/mol. The van der Waals surface area contributed by atoms with Crippen molar-refractivity contribution in [3.63, 3.8) is 0 Å². The number of benzene rings is 1. The van der Waals surface area contributed by atoms with Crippen LogP contribution in [0, 0.1) is 10.1 Å². The lowest BCUT2D eigenvalue weighted by molar-refractivity contribution is -0.385. The van der Waals surface area contributed by atoms with E-state index in [9.17, 15) is 15.2 Å². The van der Waals surface area contributed by atoms with Gasteiger partial charge < -0.3 is 5.11 Å². The first-order valence-electron chi connectivity index (χ1n) is 3.68. The number of thiophene rings is 1. The van der Waals surface area contributed by atoms with Crippen LogP contribution >= 0.6 is 24.0 Å². The first-order valence-corrected chi connectivity index (χ1v) is 4.94. The molecule has 0 spiro atoms. The van der Waals surface area contributed by atoms with Crippen LogP contribution in [0.1, 0.15) is 0 Å². The SMILES string of the molecule is O=[N+]([O-])c1cc2sc(S)cc2cc1O. The fraction of sp³-hybridized carbons (Fsp3) is 0. The normalized spacial score (nSPS) is 10.6. The highest BCUT2D eigenvalue weighted by molar-refractivity contribution is 7.83. The van der Waals surface area contributed by atoms with Gasteiger partial charge in [0.2, 0.25) is 0 Å². The number of nitrogens with zero attached hydrogens (tertiary/aromatic N) is 1. The highest BCUT2D eigenvalue weighted by Crippen LogP contribution is 2.36. The summed E-state index contributed by atoms with van der Waals surface area (Å²) in [5, 5.41) is 20.6. The molecule has 0 saturated carbocycles. The Labute approximate surface area is 88.4 Å². The van der Waals surface area contributed by atoms with Crippen LogP contribution in [0.4, 0.5) is 5.69 Å². The molecule has 0 amide bonds. The van der Waals surface area contributed by atoms with Crippen molar-refractivity contribution < 1.29 is 10.0 Å². The summed E-state index contributed by atoms with van der Waals surface area (Å²) < 4.78 is 1.51. The number of nitro groups is 1. The summed E-state index contributed by atoms with van der Waals surface area (Å²) in [5.41, 5.74) is -0.271. The van der Waals surface area contributed by atoms with Crippen molar-refractivity contribution in [2.75, 3.05) is 0 Å². The summed E-state index contributed by atoms with van der Waals surface area (Å²) in [6.07, 6.45) is 0. The standard InChI is InChI=1S/C8H5NO3S2/c10-6-1-4-2-8(13)14-7(4)3-5(6)9(11)12/h1-3,10,13H. The van der Waals surface area contributed by atoms with E-state index < -0.39 is 4.92 Å². The number of rotatable bonds is 1. The number of aromatic hydroxyl groups is 1. The summed E-state index contributed by atoms with van der Waals surface area (Å²) in [6.45, 7) is 0. The van der Waals surface area contributed by atoms with Gasteiger partial charge in [-0.15, -0.1) is 24.0 Å². The van der Waals surface area contributed by atoms with E-state index in [4.69, 9.17) is 0 Å². The maximum Gasteiger partial charge on any atom is 0.312 e. The van der Waals surface area contributed by atoms with E-state index in [0.717, 1.165) is 14.3 Å². The first-order chi connectivity index (χ1) is 6.58. The van der Waals surface area contributed by atoms with Crippen LogP contribution in [0.25, 0.3) is 10.1 Å². The van der Waals surface area contributed by atoms with Crippen molar-refractivity contribution in [2.45, 2.75) is 4.21 Å². The van der Waals surface area contributed by atoms with Gasteiger partial charge in [-0.05, 0) is 17.5 Å². The van der Waals surface area contributed by atoms with Gasteiger partial charge in [0, 0.05) is 10.8 Å². The molecule has 1 heterocycles. The first kappa shape index (κ1) is 9.29. The molecule has 72 valence electrons. The van der Waals surface area contributed by atoms with Crippen molar-refractivity contribution in [2.24, 2.45) is 0 Å². The molecule has 0 atom stereocenters. The third-order valence-corrected chi connectivity index (χ3v) is 3.10. The van der Waals surface area contributed by atoms with Crippen molar-refractivity contribution in [1.29, 1.82) is 0 Å². The summed E-state index contributed by atoms with van der Waals surface area (Å²) in [4.78, 5) is 9.90. The fourth-order valence-corrected chi connectivity index (χ4v) is 2.45. The average molecular weight is 227 g/mol. The molecule has 0 fully saturated rings. The molecule has 1 aromatic carbocycles. The molecule has 0 aliphatic rings. The lowest BCUT2D eigenvalue weighted by Gasteiger charge is -1.95. The van der Waals surface area contributed by atoms with Crippen LogP contribution in [0.3, 0.4) is 0 Å². The number of nitro benzene ring substituents is 1. The maximum absolute atomic E-state index is 10.5. The molecule has 4 nitrogen and oxygen atoms in total. The lowest BCUT2D eigenvalue weighted by atomic mass is 10.2. The number of hydrogen-bond donors (Lipinski definition) is 2. The van der Waals surface area contributed by atoms with Crippen molar-refractivity contribution in [1.82, 2.24) is 0 Å². The van der Waals surface area contributed by atoms with Crippen LogP contribution < -0.4 is 0 Å². The van der Waals surface area contributed by atoms with Crippen molar-refractivity contribution in [3.05, 3.63) is 28.3 Å². The van der Waals surface area contributed by atoms with Gasteiger partial charge in [0.1, 0.15) is 0 Å². The van der Waals surface area contributed by atoms with Crippen molar-refractivity contribution >= 4 is 39.7 Å². The van der Waals surface area contributed by atoms with Crippen LogP contribution in [0.2, 0.25) is 0 Å². The fourth-order valence-electron chi connectivity index (χ4n) is 1.20. The minimum absolute atomic E-state index is 0.271. The Bertz CT molecular complexity index is 521. The van der Waals surface area contributed by atoms with Gasteiger partial charge >= 0.3 is 5.69 Å². The second kappa shape index (κ2) is 3.14. The molecule has 2 rings (SSSR count). The summed E-state index contributed by atoms with van der Waals surface area (Å²) in [6, 6.07) is 4.49. The molecular formula is C8H5NO3S2. The van der Waals surface area contributed by atoms with Crippen LogP contribution in [-0.4, -0.2) is 10.0 Å². The van der Waals surface area contributed by atoms with Crippen LogP contribution in [0.15, 0.2) is 22.4 Å². The molecule has 0 bridgehead atoms. The van der Waals surface area contributed by atoms with E-state index in [1.165, 1.54) is 23.5 Å². The topological polar surface area (TPSA) is 63.4 Å². The molecule has 0 unspecified atom stereocenters. The second-order valence-electron chi connectivity index (χ2n) is 2.72. The Kier molecular flexibility index (Phi) is 2.09. The smallest absolute Gasteiger partial charge is 0.312 e. The van der Waals surface area contributed by atoms with E-state index in [-0.39, 0.29) is 11.4 Å². The Hall–Kier alpha value is -1.27. The van der Waals surface area contributed by atoms with Gasteiger partial charge in [-0.1, -0.05) is 0 Å². The van der Waals surface area contributed by atoms with E-state index in [1.807, 2.05) is 0 Å². The second-order valence-corrected chi connectivity index (χ2v) is 4.59. The third-order valence-electron chi connectivity index (χ3n) is 1.80. The monoisotopic (exact) mass is 227 g/mol. The Balaban J connectivity index is 2.76. The molecule has 1 N–H and O–H groups in total. The highest BCUT2D eigenvalue weighted by Gasteiger charge is 2.15. The number of phenolic OH excluding ortho intramolecular Hbond substituents is 1. The van der Waals surface area contributed by atoms with Gasteiger partial charge in [-0.3, -0.25) is 10.1 Å². The molecule has 14 heavy (non-hydrogen) atoms. The van der Waals surface area contributed by atoms with Gasteiger partial charge in [0.25, 0.3) is 0 Å². The van der Waals surface area contributed by atoms with E-state index in [1.54, 1.807) is 6.07 Å². The van der Waals surface area contributed by atoms with Gasteiger partial charge in [-0.25, -0.2) is 0 Å². The predicted octanol–water partition coefficient (Wildman–Crippen LogP) is 2.80. The van der Waals surface area contributed by atoms with Gasteiger partial charge in [0.15, 0.2) is 5.75 Å². The summed E-state index contributed by atoms with van der Waals surface area (Å²) in [5.74, 6) is -0.311. The maximum atomic E-state index is 10.5. The highest BCUT2D eigenvalue weighted by atomic mass is 32.2. The van der Waals surface area contributed by atoms with E-state index in [0.29, 0.717) is 0 Å². The summed E-state index contributed by atoms with van der Waals surface area (Å²) >= 11 is 5.47. The zero-order valence-corrected chi connectivity index (χ0v) is 8.51. The van der Waals surface area contributed by atoms with Crippen molar-refractivity contribution in [3.8, 4) is 5.75 Å². The Morgan fingerprint density at radius 3 is 2.79 bits per heavy atom. The third kappa shape index (κ3) is 1.42. The van der Waals surface area contributed by atoms with E-state index >= 15 is 0 Å². The molecule has 0 radical (unpaired) electrons. The van der Waals surface area contributed by atoms with Crippen LogP contribution in [-0.2, 0) is 0 Å². The average Bonchev–Trinajstić information content (AvgIpc) is 2.42. The molecule has 0 saturated heterocycles. The number of fused-ring (bicyclic) bond motifs is 1. The number of phenols is 1. The van der Waals surface area contributed by atoms with Crippen LogP contribution in [0.5, 0.6) is 5.75 Å². The minimum Gasteiger partial charge on any atom is -0.502 e. The molecule has 2 aromatic rings. The molecule has 0 aliphatic carbocycles. The quantitative estimate of drug-likeness (QED) is 0.447. The predicted molar refractivity (Wildman–Crippen MR) is 57.4 cm³/mol. The number of thiol groups is 1. The largest absolute Gasteiger partial charge is 0.502 e.